The van der Waals surface area contributed by atoms with Gasteiger partial charge in [-0.25, -0.2) is 9.59 Å². The van der Waals surface area contributed by atoms with Crippen LogP contribution in [0.4, 0.5) is 11.4 Å². The Balaban J connectivity index is 1.43. The maximum Gasteiger partial charge on any atom is 0.336 e. The number of hydrogen-bond acceptors (Lipinski definition) is 8. The van der Waals surface area contributed by atoms with Crippen molar-refractivity contribution in [2.75, 3.05) is 18.1 Å². The van der Waals surface area contributed by atoms with Crippen LogP contribution in [0.2, 0.25) is 0 Å². The van der Waals surface area contributed by atoms with Crippen LogP contribution in [0.3, 0.4) is 0 Å². The fraction of sp³-hybridized carbons (Fsp3) is 0.258. The normalized spacial score (nSPS) is 10.8. The molecular formula is C31H34N2O7. The summed E-state index contributed by atoms with van der Waals surface area (Å²) in [5.41, 5.74) is 13.7. The summed E-state index contributed by atoms with van der Waals surface area (Å²) in [6, 6.07) is 16.4. The van der Waals surface area contributed by atoms with Gasteiger partial charge in [0.2, 0.25) is 0 Å². The first-order valence-corrected chi connectivity index (χ1v) is 13.1. The number of esters is 2. The largest absolute Gasteiger partial charge is 0.494 e. The highest BCUT2D eigenvalue weighted by Crippen LogP contribution is 2.24. The van der Waals surface area contributed by atoms with Gasteiger partial charge in [-0.3, -0.25) is 4.79 Å². The fourth-order valence-corrected chi connectivity index (χ4v) is 3.89. The number of carbonyl (C=O) groups is 3. The third kappa shape index (κ3) is 9.50. The molecule has 0 fully saturated rings. The van der Waals surface area contributed by atoms with E-state index in [4.69, 9.17) is 25.7 Å². The summed E-state index contributed by atoms with van der Waals surface area (Å²) in [5.74, 6) is -0.535. The van der Waals surface area contributed by atoms with E-state index in [0.717, 1.165) is 24.8 Å². The molecule has 40 heavy (non-hydrogen) atoms. The monoisotopic (exact) mass is 546 g/mol. The molecule has 9 heteroatoms. The van der Waals surface area contributed by atoms with Crippen molar-refractivity contribution in [1.29, 1.82) is 0 Å². The lowest BCUT2D eigenvalue weighted by atomic mass is 10.00. The highest BCUT2D eigenvalue weighted by molar-refractivity contribution is 5.92. The van der Waals surface area contributed by atoms with E-state index < -0.39 is 11.9 Å². The second-order valence-electron chi connectivity index (χ2n) is 9.12. The van der Waals surface area contributed by atoms with Gasteiger partial charge in [0.1, 0.15) is 17.2 Å². The molecule has 0 aliphatic rings. The summed E-state index contributed by atoms with van der Waals surface area (Å²) < 4.78 is 16.3. The number of nitrogens with two attached hydrogens (primary N) is 2. The quantitative estimate of drug-likeness (QED) is 0.0764. The van der Waals surface area contributed by atoms with E-state index in [9.17, 15) is 19.5 Å². The predicted molar refractivity (Wildman–Crippen MR) is 153 cm³/mol. The van der Waals surface area contributed by atoms with E-state index in [2.05, 4.69) is 6.92 Å². The molecule has 0 spiro atoms. The molecule has 3 aromatic rings. The van der Waals surface area contributed by atoms with E-state index in [1.165, 1.54) is 12.1 Å². The molecule has 0 heterocycles. The zero-order valence-corrected chi connectivity index (χ0v) is 22.4. The Hall–Kier alpha value is -4.79. The maximum atomic E-state index is 12.2. The summed E-state index contributed by atoms with van der Waals surface area (Å²) in [6.45, 7) is 2.43. The Bertz CT molecular complexity index is 1330. The van der Waals surface area contributed by atoms with Crippen LogP contribution in [0.15, 0.2) is 66.7 Å². The first-order chi connectivity index (χ1) is 19.2. The summed E-state index contributed by atoms with van der Waals surface area (Å²) in [6.07, 6.45) is 7.11. The van der Waals surface area contributed by atoms with Gasteiger partial charge in [-0.15, -0.1) is 0 Å². The van der Waals surface area contributed by atoms with Crippen LogP contribution >= 0.6 is 0 Å². The minimum Gasteiger partial charge on any atom is -0.494 e. The molecular weight excluding hydrogens is 512 g/mol. The van der Waals surface area contributed by atoms with Crippen LogP contribution in [0.5, 0.6) is 17.2 Å². The van der Waals surface area contributed by atoms with E-state index in [1.807, 2.05) is 0 Å². The molecule has 0 unspecified atom stereocenters. The summed E-state index contributed by atoms with van der Waals surface area (Å²) >= 11 is 0. The molecule has 0 saturated carbocycles. The minimum atomic E-state index is -1.07. The van der Waals surface area contributed by atoms with E-state index in [0.29, 0.717) is 60.1 Å². The van der Waals surface area contributed by atoms with Crippen molar-refractivity contribution in [1.82, 2.24) is 0 Å². The van der Waals surface area contributed by atoms with Crippen molar-refractivity contribution in [2.24, 2.45) is 0 Å². The van der Waals surface area contributed by atoms with Crippen LogP contribution < -0.4 is 25.7 Å². The highest BCUT2D eigenvalue weighted by atomic mass is 16.5. The van der Waals surface area contributed by atoms with Crippen LogP contribution in [0.25, 0.3) is 6.08 Å². The standard InChI is InChI=1S/C31H34N2O7/c1-2-3-4-7-29(34)39-24-13-15-25(16-14-24)40-30(35)17-10-21-8-11-23(12-9-21)38-18-5-6-26-27(31(36)37)19-22(32)20-28(26)33/h8-17,19-20H,2-7,18,32-33H2,1H3,(H,36,37)/b17-10+. The summed E-state index contributed by atoms with van der Waals surface area (Å²) in [5, 5.41) is 9.40. The Kier molecular flexibility index (Phi) is 11.1. The van der Waals surface area contributed by atoms with Crippen LogP contribution in [0, 0.1) is 0 Å². The van der Waals surface area contributed by atoms with Gasteiger partial charge in [0.25, 0.3) is 0 Å². The van der Waals surface area contributed by atoms with Crippen molar-refractivity contribution >= 4 is 35.4 Å². The number of unbranched alkanes of at least 4 members (excludes halogenated alkanes) is 2. The van der Waals surface area contributed by atoms with E-state index >= 15 is 0 Å². The fourth-order valence-electron chi connectivity index (χ4n) is 3.89. The molecule has 9 nitrogen and oxygen atoms in total. The van der Waals surface area contributed by atoms with Gasteiger partial charge in [-0.1, -0.05) is 31.9 Å². The molecule has 0 atom stereocenters. The first-order valence-electron chi connectivity index (χ1n) is 13.1. The highest BCUT2D eigenvalue weighted by Gasteiger charge is 2.14. The summed E-state index contributed by atoms with van der Waals surface area (Å²) in [7, 11) is 0. The summed E-state index contributed by atoms with van der Waals surface area (Å²) in [4.78, 5) is 35.5. The predicted octanol–water partition coefficient (Wildman–Crippen LogP) is 5.67. The molecule has 210 valence electrons. The number of ether oxygens (including phenoxy) is 3. The van der Waals surface area contributed by atoms with Crippen molar-refractivity contribution in [2.45, 2.75) is 45.4 Å². The molecule has 0 amide bonds. The number of carboxylic acid groups (broad SMARTS) is 1. The molecule has 0 bridgehead atoms. The van der Waals surface area contributed by atoms with Crippen LogP contribution in [0.1, 0.15) is 60.5 Å². The maximum absolute atomic E-state index is 12.2. The molecule has 0 aliphatic heterocycles. The van der Waals surface area contributed by atoms with Gasteiger partial charge in [-0.05, 0) is 85.0 Å². The Labute approximate surface area is 233 Å². The van der Waals surface area contributed by atoms with Gasteiger partial charge < -0.3 is 30.8 Å². The van der Waals surface area contributed by atoms with Crippen molar-refractivity contribution in [3.63, 3.8) is 0 Å². The molecule has 0 saturated heterocycles. The van der Waals surface area contributed by atoms with E-state index in [1.54, 1.807) is 60.7 Å². The SMILES string of the molecule is CCCCCC(=O)Oc1ccc(OC(=O)/C=C/c2ccc(OCCCc3c(N)cc(N)cc3C(=O)O)cc2)cc1. The average molecular weight is 547 g/mol. The van der Waals surface area contributed by atoms with Gasteiger partial charge >= 0.3 is 17.9 Å². The number of aromatic carboxylic acids is 1. The molecule has 3 aromatic carbocycles. The Morgan fingerprint density at radius 1 is 0.850 bits per heavy atom. The average Bonchev–Trinajstić information content (AvgIpc) is 2.92. The van der Waals surface area contributed by atoms with Gasteiger partial charge in [-0.2, -0.15) is 0 Å². The van der Waals surface area contributed by atoms with Crippen molar-refractivity contribution in [3.05, 3.63) is 83.4 Å². The zero-order chi connectivity index (χ0) is 28.9. The Morgan fingerprint density at radius 3 is 2.15 bits per heavy atom. The van der Waals surface area contributed by atoms with Crippen LogP contribution in [-0.2, 0) is 16.0 Å². The first kappa shape index (κ1) is 29.8. The van der Waals surface area contributed by atoms with Crippen molar-refractivity contribution in [3.8, 4) is 17.2 Å². The second-order valence-corrected chi connectivity index (χ2v) is 9.12. The van der Waals surface area contributed by atoms with Gasteiger partial charge in [0.15, 0.2) is 0 Å². The van der Waals surface area contributed by atoms with Gasteiger partial charge in [0.05, 0.1) is 12.2 Å². The lowest BCUT2D eigenvalue weighted by Crippen LogP contribution is -2.09. The number of benzene rings is 3. The number of anilines is 2. The number of carboxylic acids is 1. The second kappa shape index (κ2) is 15.0. The lowest BCUT2D eigenvalue weighted by Gasteiger charge is -2.11. The topological polar surface area (TPSA) is 151 Å². The number of carbonyl (C=O) groups excluding carboxylic acids is 2. The molecule has 0 aromatic heterocycles. The molecule has 0 aliphatic carbocycles. The molecule has 5 N–H and O–H groups in total. The lowest BCUT2D eigenvalue weighted by molar-refractivity contribution is -0.134. The molecule has 0 radical (unpaired) electrons. The van der Waals surface area contributed by atoms with Gasteiger partial charge in [0, 0.05) is 23.9 Å². The number of nitrogen functional groups attached to an aromatic ring is 2. The number of rotatable bonds is 14. The minimum absolute atomic E-state index is 0.0999. The third-order valence-electron chi connectivity index (χ3n) is 5.93. The smallest absolute Gasteiger partial charge is 0.336 e. The third-order valence-corrected chi connectivity index (χ3v) is 5.93. The number of hydrogen-bond donors (Lipinski definition) is 3. The molecule has 3 rings (SSSR count). The zero-order valence-electron chi connectivity index (χ0n) is 22.4. The Morgan fingerprint density at radius 2 is 1.50 bits per heavy atom. The van der Waals surface area contributed by atoms with Crippen molar-refractivity contribution < 1.29 is 33.7 Å². The van der Waals surface area contributed by atoms with E-state index in [-0.39, 0.29) is 11.5 Å². The van der Waals surface area contributed by atoms with Crippen LogP contribution in [-0.4, -0.2) is 29.6 Å².